The molecule has 24 heavy (non-hydrogen) atoms. The van der Waals surface area contributed by atoms with Crippen LogP contribution in [0.15, 0.2) is 41.2 Å². The second-order valence-electron chi connectivity index (χ2n) is 5.64. The third kappa shape index (κ3) is 3.30. The monoisotopic (exact) mass is 322 g/mol. The van der Waals surface area contributed by atoms with Crippen molar-refractivity contribution in [2.24, 2.45) is 5.92 Å². The van der Waals surface area contributed by atoms with Gasteiger partial charge in [0.05, 0.1) is 12.8 Å². The summed E-state index contributed by atoms with van der Waals surface area (Å²) in [5.41, 5.74) is 0.190. The molecule has 0 saturated heterocycles. The number of aromatic amines is 1. The standard InChI is InChI=1S/C18H18N4O2/c1-24-15-9-5-4-8-14(15)20-17-13(11-19)18(23)22-16(21-17)10-12-6-2-3-7-12/h2,4-6,8-9,12H,3,7,10H2,1H3,(H2,20,21,22,23). The summed E-state index contributed by atoms with van der Waals surface area (Å²) < 4.78 is 5.29. The van der Waals surface area contributed by atoms with Gasteiger partial charge in [0, 0.05) is 6.42 Å². The highest BCUT2D eigenvalue weighted by Gasteiger charge is 2.16. The lowest BCUT2D eigenvalue weighted by Gasteiger charge is -2.13. The van der Waals surface area contributed by atoms with E-state index in [1.165, 1.54) is 0 Å². The van der Waals surface area contributed by atoms with Crippen molar-refractivity contribution in [1.82, 2.24) is 9.97 Å². The first-order valence-electron chi connectivity index (χ1n) is 7.81. The summed E-state index contributed by atoms with van der Waals surface area (Å²) >= 11 is 0. The maximum absolute atomic E-state index is 12.2. The van der Waals surface area contributed by atoms with Gasteiger partial charge in [-0.1, -0.05) is 24.3 Å². The number of nitriles is 1. The largest absolute Gasteiger partial charge is 0.495 e. The molecule has 122 valence electrons. The minimum Gasteiger partial charge on any atom is -0.495 e. The molecule has 1 aromatic heterocycles. The zero-order valence-electron chi connectivity index (χ0n) is 13.4. The van der Waals surface area contributed by atoms with E-state index in [1.807, 2.05) is 24.3 Å². The van der Waals surface area contributed by atoms with Crippen LogP contribution in [0.2, 0.25) is 0 Å². The van der Waals surface area contributed by atoms with Gasteiger partial charge in [0.25, 0.3) is 5.56 Å². The Morgan fingerprint density at radius 3 is 3.00 bits per heavy atom. The molecule has 1 heterocycles. The molecule has 6 heteroatoms. The van der Waals surface area contributed by atoms with Crippen LogP contribution in [0, 0.1) is 17.2 Å². The van der Waals surface area contributed by atoms with Gasteiger partial charge in [-0.2, -0.15) is 5.26 Å². The summed E-state index contributed by atoms with van der Waals surface area (Å²) in [7, 11) is 1.56. The second kappa shape index (κ2) is 7.01. The number of anilines is 2. The predicted octanol–water partition coefficient (Wildman–Crippen LogP) is 2.90. The first-order valence-corrected chi connectivity index (χ1v) is 7.81. The maximum Gasteiger partial charge on any atom is 0.271 e. The Hall–Kier alpha value is -3.07. The van der Waals surface area contributed by atoms with Crippen molar-refractivity contribution in [3.63, 3.8) is 0 Å². The number of nitrogens with zero attached hydrogens (tertiary/aromatic N) is 2. The number of H-pyrrole nitrogens is 1. The number of ether oxygens (including phenoxy) is 1. The normalized spacial score (nSPS) is 15.9. The smallest absolute Gasteiger partial charge is 0.271 e. The van der Waals surface area contributed by atoms with Crippen LogP contribution in [0.1, 0.15) is 24.2 Å². The summed E-state index contributed by atoms with van der Waals surface area (Å²) in [5, 5.41) is 12.3. The van der Waals surface area contributed by atoms with Crippen molar-refractivity contribution in [2.75, 3.05) is 12.4 Å². The molecule has 2 aromatic rings. The van der Waals surface area contributed by atoms with E-state index in [0.717, 1.165) is 12.8 Å². The molecule has 0 saturated carbocycles. The number of aromatic nitrogens is 2. The van der Waals surface area contributed by atoms with Crippen LogP contribution >= 0.6 is 0 Å². The molecule has 3 rings (SSSR count). The van der Waals surface area contributed by atoms with Crippen LogP contribution in [-0.4, -0.2) is 17.1 Å². The van der Waals surface area contributed by atoms with Crippen LogP contribution < -0.4 is 15.6 Å². The number of allylic oxidation sites excluding steroid dienone is 2. The predicted molar refractivity (Wildman–Crippen MR) is 91.4 cm³/mol. The van der Waals surface area contributed by atoms with Crippen molar-refractivity contribution < 1.29 is 4.74 Å². The zero-order chi connectivity index (χ0) is 16.9. The van der Waals surface area contributed by atoms with Crippen molar-refractivity contribution in [3.05, 3.63) is 58.2 Å². The van der Waals surface area contributed by atoms with Crippen molar-refractivity contribution in [1.29, 1.82) is 5.26 Å². The maximum atomic E-state index is 12.2. The summed E-state index contributed by atoms with van der Waals surface area (Å²) in [6, 6.07) is 9.21. The first kappa shape index (κ1) is 15.8. The van der Waals surface area contributed by atoms with E-state index in [1.54, 1.807) is 13.2 Å². The van der Waals surface area contributed by atoms with Gasteiger partial charge >= 0.3 is 0 Å². The Bertz CT molecular complexity index is 864. The fourth-order valence-corrected chi connectivity index (χ4v) is 2.80. The number of hydrogen-bond acceptors (Lipinski definition) is 5. The lowest BCUT2D eigenvalue weighted by Crippen LogP contribution is -2.19. The number of para-hydroxylation sites is 2. The van der Waals surface area contributed by atoms with Crippen LogP contribution in [0.4, 0.5) is 11.5 Å². The lowest BCUT2D eigenvalue weighted by molar-refractivity contribution is 0.417. The zero-order valence-corrected chi connectivity index (χ0v) is 13.4. The van der Waals surface area contributed by atoms with Crippen LogP contribution in [0.5, 0.6) is 5.75 Å². The van der Waals surface area contributed by atoms with E-state index >= 15 is 0 Å². The molecule has 1 unspecified atom stereocenters. The minimum atomic E-state index is -0.429. The van der Waals surface area contributed by atoms with E-state index in [2.05, 4.69) is 27.4 Å². The Morgan fingerprint density at radius 2 is 2.29 bits per heavy atom. The molecule has 6 nitrogen and oxygen atoms in total. The average Bonchev–Trinajstić information content (AvgIpc) is 3.08. The Balaban J connectivity index is 1.95. The van der Waals surface area contributed by atoms with Crippen LogP contribution in [0.25, 0.3) is 0 Å². The van der Waals surface area contributed by atoms with E-state index in [-0.39, 0.29) is 11.4 Å². The minimum absolute atomic E-state index is 0.0355. The van der Waals surface area contributed by atoms with Gasteiger partial charge in [-0.05, 0) is 30.9 Å². The summed E-state index contributed by atoms with van der Waals surface area (Å²) in [4.78, 5) is 19.4. The topological polar surface area (TPSA) is 90.8 Å². The lowest BCUT2D eigenvalue weighted by atomic mass is 10.1. The number of rotatable bonds is 5. The Kier molecular flexibility index (Phi) is 4.62. The molecule has 0 bridgehead atoms. The van der Waals surface area contributed by atoms with Gasteiger partial charge in [0.15, 0.2) is 11.4 Å². The molecule has 1 atom stereocenters. The third-order valence-electron chi connectivity index (χ3n) is 4.01. The van der Waals surface area contributed by atoms with Gasteiger partial charge in [-0.25, -0.2) is 4.98 Å². The van der Waals surface area contributed by atoms with Gasteiger partial charge in [-0.15, -0.1) is 0 Å². The highest BCUT2D eigenvalue weighted by molar-refractivity contribution is 5.67. The molecular formula is C18H18N4O2. The third-order valence-corrected chi connectivity index (χ3v) is 4.01. The molecule has 0 amide bonds. The molecule has 0 aliphatic heterocycles. The van der Waals surface area contributed by atoms with E-state index < -0.39 is 5.56 Å². The molecule has 1 aliphatic carbocycles. The number of nitrogens with one attached hydrogen (secondary N) is 2. The van der Waals surface area contributed by atoms with Gasteiger partial charge in [-0.3, -0.25) is 4.79 Å². The SMILES string of the molecule is COc1ccccc1Nc1nc(CC2C=CCC2)[nH]c(=O)c1C#N. The van der Waals surface area contributed by atoms with Crippen molar-refractivity contribution in [3.8, 4) is 11.8 Å². The molecule has 1 aliphatic rings. The number of methoxy groups -OCH3 is 1. The Morgan fingerprint density at radius 1 is 1.46 bits per heavy atom. The van der Waals surface area contributed by atoms with E-state index in [9.17, 15) is 10.1 Å². The highest BCUT2D eigenvalue weighted by atomic mass is 16.5. The van der Waals surface area contributed by atoms with Gasteiger partial charge < -0.3 is 15.0 Å². The fourth-order valence-electron chi connectivity index (χ4n) is 2.80. The summed E-state index contributed by atoms with van der Waals surface area (Å²) in [6.07, 6.45) is 7.04. The molecule has 2 N–H and O–H groups in total. The number of benzene rings is 1. The highest BCUT2D eigenvalue weighted by Crippen LogP contribution is 2.27. The number of hydrogen-bond donors (Lipinski definition) is 2. The second-order valence-corrected chi connectivity index (χ2v) is 5.64. The Labute approximate surface area is 139 Å². The van der Waals surface area contributed by atoms with Crippen molar-refractivity contribution in [2.45, 2.75) is 19.3 Å². The molecular weight excluding hydrogens is 304 g/mol. The van der Waals surface area contributed by atoms with Gasteiger partial charge in [0.2, 0.25) is 0 Å². The molecule has 1 aromatic carbocycles. The first-order chi connectivity index (χ1) is 11.7. The quantitative estimate of drug-likeness (QED) is 0.826. The summed E-state index contributed by atoms with van der Waals surface area (Å²) in [5.74, 6) is 1.82. The molecule has 0 radical (unpaired) electrons. The fraction of sp³-hybridized carbons (Fsp3) is 0.278. The van der Waals surface area contributed by atoms with Gasteiger partial charge in [0.1, 0.15) is 17.6 Å². The average molecular weight is 322 g/mol. The van der Waals surface area contributed by atoms with Crippen LogP contribution in [0.3, 0.4) is 0 Å². The van der Waals surface area contributed by atoms with E-state index in [0.29, 0.717) is 29.6 Å². The molecule has 0 spiro atoms. The van der Waals surface area contributed by atoms with E-state index in [4.69, 9.17) is 4.74 Å². The summed E-state index contributed by atoms with van der Waals surface area (Å²) in [6.45, 7) is 0. The van der Waals surface area contributed by atoms with Crippen molar-refractivity contribution >= 4 is 11.5 Å². The molecule has 0 fully saturated rings. The van der Waals surface area contributed by atoms with Crippen LogP contribution in [-0.2, 0) is 6.42 Å².